The number of nitrogens with zero attached hydrogens (tertiary/aromatic N) is 4. The molecule has 18 heavy (non-hydrogen) atoms. The summed E-state index contributed by atoms with van der Waals surface area (Å²) in [5.41, 5.74) is 2.05. The summed E-state index contributed by atoms with van der Waals surface area (Å²) >= 11 is 0. The van der Waals surface area contributed by atoms with Gasteiger partial charge in [-0.25, -0.2) is 4.68 Å². The average Bonchev–Trinajstić information content (AvgIpc) is 2.93. The van der Waals surface area contributed by atoms with Crippen molar-refractivity contribution < 1.29 is 9.90 Å². The fourth-order valence-electron chi connectivity index (χ4n) is 3.01. The van der Waals surface area contributed by atoms with E-state index in [1.54, 1.807) is 0 Å². The fraction of sp³-hybridized carbons (Fsp3) is 0.750. The predicted molar refractivity (Wildman–Crippen MR) is 64.3 cm³/mol. The van der Waals surface area contributed by atoms with Crippen LogP contribution in [0.3, 0.4) is 0 Å². The van der Waals surface area contributed by atoms with Gasteiger partial charge in [0, 0.05) is 13.0 Å². The number of aryl methyl sites for hydroxylation is 1. The Hall–Kier alpha value is -1.43. The molecule has 0 saturated carbocycles. The lowest BCUT2D eigenvalue weighted by molar-refractivity contribution is -0.142. The SMILES string of the molecule is CN1CCC(n2nnc3c2CC(C(=O)O)CC3)C1. The minimum absolute atomic E-state index is 0.270. The number of fused-ring (bicyclic) bond motifs is 1. The number of aliphatic carboxylic acids is 1. The molecule has 0 spiro atoms. The molecule has 2 heterocycles. The molecule has 1 fully saturated rings. The summed E-state index contributed by atoms with van der Waals surface area (Å²) in [6.07, 6.45) is 3.09. The Balaban J connectivity index is 1.85. The predicted octanol–water partition coefficient (Wildman–Crippen LogP) is 0.344. The number of carboxylic acid groups (broad SMARTS) is 1. The lowest BCUT2D eigenvalue weighted by Crippen LogP contribution is -2.26. The molecule has 1 aliphatic carbocycles. The lowest BCUT2D eigenvalue weighted by Gasteiger charge is -2.21. The fourth-order valence-corrected chi connectivity index (χ4v) is 3.01. The molecular weight excluding hydrogens is 232 g/mol. The summed E-state index contributed by atoms with van der Waals surface area (Å²) in [5, 5.41) is 17.6. The van der Waals surface area contributed by atoms with Gasteiger partial charge >= 0.3 is 5.97 Å². The molecule has 0 radical (unpaired) electrons. The molecule has 6 nitrogen and oxygen atoms in total. The van der Waals surface area contributed by atoms with Gasteiger partial charge in [-0.15, -0.1) is 5.10 Å². The summed E-state index contributed by atoms with van der Waals surface area (Å²) in [7, 11) is 2.10. The summed E-state index contributed by atoms with van der Waals surface area (Å²) in [6.45, 7) is 2.05. The van der Waals surface area contributed by atoms with E-state index in [0.29, 0.717) is 18.9 Å². The third-order valence-corrected chi connectivity index (χ3v) is 4.10. The molecule has 1 N–H and O–H groups in total. The van der Waals surface area contributed by atoms with E-state index in [1.807, 2.05) is 4.68 Å². The van der Waals surface area contributed by atoms with Crippen molar-refractivity contribution in [2.24, 2.45) is 5.92 Å². The Morgan fingerprint density at radius 2 is 2.28 bits per heavy atom. The summed E-state index contributed by atoms with van der Waals surface area (Å²) in [6, 6.07) is 0.360. The number of aromatic nitrogens is 3. The van der Waals surface area contributed by atoms with Crippen molar-refractivity contribution in [1.82, 2.24) is 19.9 Å². The van der Waals surface area contributed by atoms with Crippen molar-refractivity contribution in [2.45, 2.75) is 31.7 Å². The van der Waals surface area contributed by atoms with Gasteiger partial charge in [0.2, 0.25) is 0 Å². The van der Waals surface area contributed by atoms with Crippen LogP contribution in [-0.2, 0) is 17.6 Å². The maximum atomic E-state index is 11.1. The van der Waals surface area contributed by atoms with E-state index in [9.17, 15) is 4.79 Å². The average molecular weight is 250 g/mol. The second kappa shape index (κ2) is 4.35. The Kier molecular flexibility index (Phi) is 2.81. The lowest BCUT2D eigenvalue weighted by atomic mass is 9.89. The van der Waals surface area contributed by atoms with Gasteiger partial charge < -0.3 is 10.0 Å². The molecule has 0 aromatic carbocycles. The van der Waals surface area contributed by atoms with Gasteiger partial charge in [0.25, 0.3) is 0 Å². The van der Waals surface area contributed by atoms with Crippen LogP contribution in [0.2, 0.25) is 0 Å². The zero-order chi connectivity index (χ0) is 12.7. The van der Waals surface area contributed by atoms with Crippen LogP contribution in [0, 0.1) is 5.92 Å². The van der Waals surface area contributed by atoms with Crippen LogP contribution in [-0.4, -0.2) is 51.1 Å². The molecule has 2 atom stereocenters. The van der Waals surface area contributed by atoms with Crippen molar-refractivity contribution in [2.75, 3.05) is 20.1 Å². The van der Waals surface area contributed by atoms with Gasteiger partial charge in [-0.1, -0.05) is 5.21 Å². The number of likely N-dealkylation sites (tertiary alicyclic amines) is 1. The Labute approximate surface area is 106 Å². The van der Waals surface area contributed by atoms with Crippen LogP contribution in [0.1, 0.15) is 30.3 Å². The van der Waals surface area contributed by atoms with E-state index in [0.717, 1.165) is 37.3 Å². The van der Waals surface area contributed by atoms with E-state index >= 15 is 0 Å². The quantitative estimate of drug-likeness (QED) is 0.819. The first-order chi connectivity index (χ1) is 8.65. The van der Waals surface area contributed by atoms with Crippen LogP contribution in [0.5, 0.6) is 0 Å². The van der Waals surface area contributed by atoms with Gasteiger partial charge in [-0.3, -0.25) is 4.79 Å². The topological polar surface area (TPSA) is 71.2 Å². The van der Waals surface area contributed by atoms with Crippen molar-refractivity contribution in [1.29, 1.82) is 0 Å². The maximum Gasteiger partial charge on any atom is 0.306 e. The third-order valence-electron chi connectivity index (χ3n) is 4.10. The van der Waals surface area contributed by atoms with E-state index in [1.165, 1.54) is 0 Å². The first-order valence-electron chi connectivity index (χ1n) is 6.49. The van der Waals surface area contributed by atoms with Gasteiger partial charge in [0.1, 0.15) is 0 Å². The second-order valence-electron chi connectivity index (χ2n) is 5.41. The Bertz CT molecular complexity index is 471. The summed E-state index contributed by atoms with van der Waals surface area (Å²) < 4.78 is 1.98. The number of hydrogen-bond donors (Lipinski definition) is 1. The highest BCUT2D eigenvalue weighted by molar-refractivity contribution is 5.70. The highest BCUT2D eigenvalue weighted by Crippen LogP contribution is 2.28. The van der Waals surface area contributed by atoms with Crippen LogP contribution in [0.4, 0.5) is 0 Å². The molecule has 3 rings (SSSR count). The van der Waals surface area contributed by atoms with Crippen molar-refractivity contribution in [3.05, 3.63) is 11.4 Å². The highest BCUT2D eigenvalue weighted by atomic mass is 16.4. The summed E-state index contributed by atoms with van der Waals surface area (Å²) in [5.74, 6) is -0.967. The molecule has 1 aromatic heterocycles. The van der Waals surface area contributed by atoms with E-state index < -0.39 is 5.97 Å². The smallest absolute Gasteiger partial charge is 0.306 e. The molecule has 0 amide bonds. The highest BCUT2D eigenvalue weighted by Gasteiger charge is 2.32. The van der Waals surface area contributed by atoms with Gasteiger partial charge in [0.15, 0.2) is 0 Å². The first kappa shape index (κ1) is 11.6. The van der Waals surface area contributed by atoms with Gasteiger partial charge in [0.05, 0.1) is 23.3 Å². The molecule has 2 unspecified atom stereocenters. The Morgan fingerprint density at radius 1 is 1.44 bits per heavy atom. The number of carboxylic acids is 1. The molecule has 2 aliphatic rings. The van der Waals surface area contributed by atoms with E-state index in [4.69, 9.17) is 5.11 Å². The number of rotatable bonds is 2. The maximum absolute atomic E-state index is 11.1. The molecule has 1 saturated heterocycles. The number of likely N-dealkylation sites (N-methyl/N-ethyl adjacent to an activating group) is 1. The second-order valence-corrected chi connectivity index (χ2v) is 5.41. The normalized spacial score (nSPS) is 28.3. The molecule has 0 bridgehead atoms. The Morgan fingerprint density at radius 3 is 2.94 bits per heavy atom. The third kappa shape index (κ3) is 1.90. The monoisotopic (exact) mass is 250 g/mol. The largest absolute Gasteiger partial charge is 0.481 e. The zero-order valence-corrected chi connectivity index (χ0v) is 10.5. The standard InChI is InChI=1S/C12H18N4O2/c1-15-5-4-9(7-15)16-11-6-8(12(17)18)2-3-10(11)13-14-16/h8-9H,2-7H2,1H3,(H,17,18). The number of carbonyl (C=O) groups is 1. The van der Waals surface area contributed by atoms with Gasteiger partial charge in [-0.05, 0) is 32.9 Å². The summed E-state index contributed by atoms with van der Waals surface area (Å²) in [4.78, 5) is 13.4. The molecular formula is C12H18N4O2. The van der Waals surface area contributed by atoms with Crippen LogP contribution < -0.4 is 0 Å². The minimum Gasteiger partial charge on any atom is -0.481 e. The van der Waals surface area contributed by atoms with Crippen molar-refractivity contribution in [3.63, 3.8) is 0 Å². The minimum atomic E-state index is -0.697. The number of hydrogen-bond acceptors (Lipinski definition) is 4. The first-order valence-corrected chi connectivity index (χ1v) is 6.49. The van der Waals surface area contributed by atoms with E-state index in [2.05, 4.69) is 22.3 Å². The van der Waals surface area contributed by atoms with Gasteiger partial charge in [-0.2, -0.15) is 0 Å². The van der Waals surface area contributed by atoms with Crippen LogP contribution in [0.15, 0.2) is 0 Å². The molecule has 1 aliphatic heterocycles. The molecule has 6 heteroatoms. The zero-order valence-electron chi connectivity index (χ0n) is 10.5. The van der Waals surface area contributed by atoms with Crippen molar-refractivity contribution >= 4 is 5.97 Å². The van der Waals surface area contributed by atoms with Crippen LogP contribution >= 0.6 is 0 Å². The van der Waals surface area contributed by atoms with Crippen LogP contribution in [0.25, 0.3) is 0 Å². The van der Waals surface area contributed by atoms with Crippen molar-refractivity contribution in [3.8, 4) is 0 Å². The van der Waals surface area contributed by atoms with E-state index in [-0.39, 0.29) is 5.92 Å². The molecule has 1 aromatic rings. The molecule has 98 valence electrons.